The molecule has 1 aromatic carbocycles. The normalized spacial score (nSPS) is 23.5. The summed E-state index contributed by atoms with van der Waals surface area (Å²) in [5, 5.41) is -0.145. The first kappa shape index (κ1) is 17.5. The zero-order chi connectivity index (χ0) is 18.9. The van der Waals surface area contributed by atoms with Gasteiger partial charge in [-0.2, -0.15) is 13.2 Å². The van der Waals surface area contributed by atoms with Crippen molar-refractivity contribution in [2.24, 2.45) is 0 Å². The van der Waals surface area contributed by atoms with Crippen molar-refractivity contribution in [1.82, 2.24) is 4.98 Å². The van der Waals surface area contributed by atoms with Crippen LogP contribution in [0.4, 0.5) is 17.6 Å². The minimum Gasteiger partial charge on any atom is -0.490 e. The van der Waals surface area contributed by atoms with E-state index in [2.05, 4.69) is 4.98 Å². The molecule has 2 aromatic rings. The van der Waals surface area contributed by atoms with Gasteiger partial charge in [0.05, 0.1) is 23.9 Å². The Morgan fingerprint density at radius 3 is 2.42 bits per heavy atom. The molecule has 1 aromatic heterocycles. The Morgan fingerprint density at radius 1 is 1.15 bits per heavy atom. The van der Waals surface area contributed by atoms with E-state index in [1.165, 1.54) is 18.2 Å². The Labute approximate surface area is 151 Å². The highest BCUT2D eigenvalue weighted by Crippen LogP contribution is 2.54. The Kier molecular flexibility index (Phi) is 3.60. The average molecular weight is 388 g/mol. The van der Waals surface area contributed by atoms with E-state index in [9.17, 15) is 17.6 Å². The van der Waals surface area contributed by atoms with E-state index >= 15 is 0 Å². The van der Waals surface area contributed by atoms with E-state index in [4.69, 9.17) is 21.1 Å². The molecule has 0 saturated carbocycles. The predicted octanol–water partition coefficient (Wildman–Crippen LogP) is 5.00. The van der Waals surface area contributed by atoms with Crippen molar-refractivity contribution in [3.05, 3.63) is 46.4 Å². The molecule has 1 unspecified atom stereocenters. The summed E-state index contributed by atoms with van der Waals surface area (Å²) in [7, 11) is 0. The van der Waals surface area contributed by atoms with Crippen molar-refractivity contribution in [1.29, 1.82) is 0 Å². The molecule has 0 N–H and O–H groups in total. The number of nitrogens with zero attached hydrogens (tertiary/aromatic N) is 1. The van der Waals surface area contributed by atoms with Crippen molar-refractivity contribution >= 4 is 11.6 Å². The van der Waals surface area contributed by atoms with Crippen LogP contribution in [0.5, 0.6) is 5.75 Å². The van der Waals surface area contributed by atoms with Crippen molar-refractivity contribution in [3.8, 4) is 17.0 Å². The second-order valence-electron chi connectivity index (χ2n) is 7.15. The number of hydrogen-bond acceptors (Lipinski definition) is 3. The van der Waals surface area contributed by atoms with Crippen LogP contribution in [0.2, 0.25) is 5.02 Å². The zero-order valence-electron chi connectivity index (χ0n) is 13.9. The number of benzene rings is 1. The minimum atomic E-state index is -4.59. The number of halogens is 5. The molecule has 3 heterocycles. The van der Waals surface area contributed by atoms with E-state index in [0.29, 0.717) is 23.5 Å². The number of ether oxygens (including phenoxy) is 2. The van der Waals surface area contributed by atoms with E-state index in [1.54, 1.807) is 0 Å². The van der Waals surface area contributed by atoms with Gasteiger partial charge in [-0.05, 0) is 24.3 Å². The second-order valence-corrected chi connectivity index (χ2v) is 7.55. The van der Waals surface area contributed by atoms with Gasteiger partial charge >= 0.3 is 6.18 Å². The molecule has 4 rings (SSSR count). The summed E-state index contributed by atoms with van der Waals surface area (Å²) in [6.07, 6.45) is -4.59. The van der Waals surface area contributed by atoms with Crippen LogP contribution in [0.1, 0.15) is 25.1 Å². The first-order chi connectivity index (χ1) is 12.1. The van der Waals surface area contributed by atoms with Crippen molar-refractivity contribution in [3.63, 3.8) is 0 Å². The lowest BCUT2D eigenvalue weighted by Crippen LogP contribution is -2.32. The molecule has 0 bridgehead atoms. The molecular formula is C18H14ClF4NO2. The van der Waals surface area contributed by atoms with Gasteiger partial charge in [-0.15, -0.1) is 0 Å². The standard InChI is InChI=1S/C18H14ClF4NO2/c1-16(2)7-25-15-10(16)6-13(17(8-26-17)18(21,22)23)24-14(15)9-3-4-12(20)11(19)5-9/h3-6H,7-8H2,1-2H3. The van der Waals surface area contributed by atoms with Gasteiger partial charge in [0.1, 0.15) is 17.3 Å². The van der Waals surface area contributed by atoms with Gasteiger partial charge in [0.2, 0.25) is 5.60 Å². The maximum Gasteiger partial charge on any atom is 0.425 e. The van der Waals surface area contributed by atoms with Crippen molar-refractivity contribution in [2.75, 3.05) is 13.2 Å². The van der Waals surface area contributed by atoms with Gasteiger partial charge in [-0.25, -0.2) is 9.37 Å². The molecule has 138 valence electrons. The molecule has 3 nitrogen and oxygen atoms in total. The zero-order valence-corrected chi connectivity index (χ0v) is 14.6. The van der Waals surface area contributed by atoms with E-state index in [0.717, 1.165) is 6.07 Å². The van der Waals surface area contributed by atoms with E-state index < -0.39 is 29.6 Å². The molecule has 2 aliphatic rings. The van der Waals surface area contributed by atoms with Crippen LogP contribution in [0.15, 0.2) is 24.3 Å². The number of alkyl halides is 3. The Morgan fingerprint density at radius 2 is 1.85 bits per heavy atom. The quantitative estimate of drug-likeness (QED) is 0.537. The average Bonchev–Trinajstić information content (AvgIpc) is 3.31. The lowest BCUT2D eigenvalue weighted by molar-refractivity contribution is -0.188. The first-order valence-corrected chi connectivity index (χ1v) is 8.28. The Hall–Kier alpha value is -1.86. The summed E-state index contributed by atoms with van der Waals surface area (Å²) in [5.74, 6) is -0.235. The summed E-state index contributed by atoms with van der Waals surface area (Å²) in [6.45, 7) is 3.57. The Balaban J connectivity index is 1.96. The lowest BCUT2D eigenvalue weighted by atomic mass is 9.85. The number of hydrogen-bond donors (Lipinski definition) is 0. The summed E-state index contributed by atoms with van der Waals surface area (Å²) in [4.78, 5) is 4.20. The van der Waals surface area contributed by atoms with Gasteiger partial charge in [0, 0.05) is 16.5 Å². The molecular weight excluding hydrogens is 374 g/mol. The van der Waals surface area contributed by atoms with Gasteiger partial charge < -0.3 is 9.47 Å². The highest BCUT2D eigenvalue weighted by molar-refractivity contribution is 6.31. The molecule has 26 heavy (non-hydrogen) atoms. The third kappa shape index (κ3) is 2.48. The van der Waals surface area contributed by atoms with Crippen LogP contribution in [0.3, 0.4) is 0 Å². The maximum absolute atomic E-state index is 13.5. The largest absolute Gasteiger partial charge is 0.490 e. The summed E-state index contributed by atoms with van der Waals surface area (Å²) in [5.41, 5.74) is -1.93. The maximum atomic E-state index is 13.5. The van der Waals surface area contributed by atoms with Gasteiger partial charge in [0.15, 0.2) is 0 Å². The van der Waals surface area contributed by atoms with E-state index in [-0.39, 0.29) is 16.4 Å². The fourth-order valence-corrected chi connectivity index (χ4v) is 3.27. The summed E-state index contributed by atoms with van der Waals surface area (Å²) < 4.78 is 64.5. The molecule has 0 radical (unpaired) electrons. The molecule has 1 atom stereocenters. The van der Waals surface area contributed by atoms with Crippen LogP contribution >= 0.6 is 11.6 Å². The summed E-state index contributed by atoms with van der Waals surface area (Å²) >= 11 is 5.84. The number of epoxide rings is 1. The van der Waals surface area contributed by atoms with Gasteiger partial charge in [-0.3, -0.25) is 0 Å². The molecule has 8 heteroatoms. The molecule has 0 amide bonds. The highest BCUT2D eigenvalue weighted by atomic mass is 35.5. The smallest absolute Gasteiger partial charge is 0.425 e. The van der Waals surface area contributed by atoms with Gasteiger partial charge in [0.25, 0.3) is 0 Å². The highest BCUT2D eigenvalue weighted by Gasteiger charge is 2.68. The number of pyridine rings is 1. The van der Waals surface area contributed by atoms with Crippen LogP contribution in [0.25, 0.3) is 11.3 Å². The van der Waals surface area contributed by atoms with Gasteiger partial charge in [-0.1, -0.05) is 25.4 Å². The Bertz CT molecular complexity index is 907. The SMILES string of the molecule is CC1(C)COc2c1cc(C1(C(F)(F)F)CO1)nc2-c1ccc(F)c(Cl)c1. The first-order valence-electron chi connectivity index (χ1n) is 7.90. The van der Waals surface area contributed by atoms with Crippen molar-refractivity contribution < 1.29 is 27.0 Å². The predicted molar refractivity (Wildman–Crippen MR) is 86.8 cm³/mol. The third-order valence-electron chi connectivity index (χ3n) is 4.78. The minimum absolute atomic E-state index is 0.145. The number of fused-ring (bicyclic) bond motifs is 1. The molecule has 2 aliphatic heterocycles. The fourth-order valence-electron chi connectivity index (χ4n) is 3.09. The van der Waals surface area contributed by atoms with Crippen molar-refractivity contribution in [2.45, 2.75) is 31.0 Å². The van der Waals surface area contributed by atoms with Crippen LogP contribution in [-0.2, 0) is 15.8 Å². The molecule has 1 fully saturated rings. The second kappa shape index (κ2) is 5.33. The summed E-state index contributed by atoms with van der Waals surface area (Å²) in [6, 6.07) is 5.28. The third-order valence-corrected chi connectivity index (χ3v) is 5.07. The van der Waals surface area contributed by atoms with Crippen LogP contribution in [0, 0.1) is 5.82 Å². The molecule has 0 spiro atoms. The number of rotatable bonds is 2. The lowest BCUT2D eigenvalue weighted by Gasteiger charge is -2.20. The van der Waals surface area contributed by atoms with E-state index in [1.807, 2.05) is 13.8 Å². The fraction of sp³-hybridized carbons (Fsp3) is 0.389. The van der Waals surface area contributed by atoms with Crippen LogP contribution < -0.4 is 4.74 Å². The monoisotopic (exact) mass is 387 g/mol. The molecule has 0 aliphatic carbocycles. The van der Waals surface area contributed by atoms with Crippen LogP contribution in [-0.4, -0.2) is 24.4 Å². The number of aromatic nitrogens is 1. The molecule has 1 saturated heterocycles. The topological polar surface area (TPSA) is 34.6 Å².